The number of rotatable bonds is 5. The van der Waals surface area contributed by atoms with Crippen molar-refractivity contribution in [2.24, 2.45) is 0 Å². The Bertz CT molecular complexity index is 959. The third-order valence-electron chi connectivity index (χ3n) is 3.44. The largest absolute Gasteiger partial charge is 0.495 e. The van der Waals surface area contributed by atoms with Crippen LogP contribution in [0, 0.1) is 13.8 Å². The van der Waals surface area contributed by atoms with Crippen molar-refractivity contribution in [1.29, 1.82) is 0 Å². The Morgan fingerprint density at radius 2 is 1.92 bits per heavy atom. The predicted octanol–water partition coefficient (Wildman–Crippen LogP) is 3.36. The van der Waals surface area contributed by atoms with E-state index in [-0.39, 0.29) is 10.7 Å². The van der Waals surface area contributed by atoms with Crippen molar-refractivity contribution < 1.29 is 22.1 Å². The first-order chi connectivity index (χ1) is 11.4. The molecule has 7 nitrogen and oxygen atoms in total. The van der Waals surface area contributed by atoms with Gasteiger partial charge in [0.15, 0.2) is 5.76 Å². The molecule has 3 aromatic rings. The summed E-state index contributed by atoms with van der Waals surface area (Å²) in [5.74, 6) is 1.33. The number of sulfonamides is 1. The van der Waals surface area contributed by atoms with E-state index in [0.717, 1.165) is 5.56 Å². The van der Waals surface area contributed by atoms with Crippen molar-refractivity contribution in [3.05, 3.63) is 47.9 Å². The molecule has 0 saturated carbocycles. The molecule has 0 aliphatic heterocycles. The van der Waals surface area contributed by atoms with Crippen molar-refractivity contribution in [2.75, 3.05) is 11.8 Å². The molecule has 0 bridgehead atoms. The molecule has 0 fully saturated rings. The molecular formula is C16H16N2O5S. The zero-order valence-electron chi connectivity index (χ0n) is 13.4. The van der Waals surface area contributed by atoms with Crippen molar-refractivity contribution in [3.8, 4) is 17.3 Å². The summed E-state index contributed by atoms with van der Waals surface area (Å²) in [7, 11) is -2.37. The van der Waals surface area contributed by atoms with E-state index >= 15 is 0 Å². The van der Waals surface area contributed by atoms with Crippen molar-refractivity contribution in [3.63, 3.8) is 0 Å². The lowest BCUT2D eigenvalue weighted by Crippen LogP contribution is -2.14. The Morgan fingerprint density at radius 1 is 1.12 bits per heavy atom. The number of ether oxygens (including phenoxy) is 1. The van der Waals surface area contributed by atoms with Crippen LogP contribution in [0.5, 0.6) is 5.75 Å². The molecule has 8 heteroatoms. The highest BCUT2D eigenvalue weighted by molar-refractivity contribution is 7.92. The number of benzene rings is 1. The van der Waals surface area contributed by atoms with Crippen LogP contribution < -0.4 is 9.46 Å². The summed E-state index contributed by atoms with van der Waals surface area (Å²) in [5.41, 5.74) is 1.26. The number of furan rings is 1. The molecular weight excluding hydrogens is 332 g/mol. The van der Waals surface area contributed by atoms with E-state index < -0.39 is 10.0 Å². The molecule has 0 amide bonds. The minimum absolute atomic E-state index is 0.0254. The molecule has 1 N–H and O–H groups in total. The molecule has 2 heterocycles. The first-order valence-corrected chi connectivity index (χ1v) is 8.58. The van der Waals surface area contributed by atoms with Crippen molar-refractivity contribution in [1.82, 2.24) is 5.16 Å². The van der Waals surface area contributed by atoms with Gasteiger partial charge in [0.1, 0.15) is 16.4 Å². The number of aryl methyl sites for hydroxylation is 2. The van der Waals surface area contributed by atoms with Gasteiger partial charge in [0.2, 0.25) is 5.76 Å². The number of aromatic nitrogens is 1. The maximum absolute atomic E-state index is 12.7. The van der Waals surface area contributed by atoms with Crippen LogP contribution in [-0.4, -0.2) is 20.7 Å². The fourth-order valence-corrected chi connectivity index (χ4v) is 3.54. The van der Waals surface area contributed by atoms with E-state index in [9.17, 15) is 8.42 Å². The summed E-state index contributed by atoms with van der Waals surface area (Å²) in [6.07, 6.45) is 1.46. The van der Waals surface area contributed by atoms with Crippen LogP contribution >= 0.6 is 0 Å². The number of hydrogen-bond donors (Lipinski definition) is 1. The van der Waals surface area contributed by atoms with Crippen LogP contribution in [0.25, 0.3) is 11.5 Å². The molecule has 24 heavy (non-hydrogen) atoms. The number of methoxy groups -OCH3 is 1. The summed E-state index contributed by atoms with van der Waals surface area (Å²) < 4.78 is 43.6. The molecule has 1 aromatic carbocycles. The summed E-state index contributed by atoms with van der Waals surface area (Å²) in [5, 5.41) is 3.58. The topological polar surface area (TPSA) is 94.6 Å². The zero-order valence-corrected chi connectivity index (χ0v) is 14.2. The second kappa shape index (κ2) is 6.04. The Morgan fingerprint density at radius 3 is 2.58 bits per heavy atom. The molecule has 3 rings (SSSR count). The Balaban J connectivity index is 1.99. The van der Waals surface area contributed by atoms with Gasteiger partial charge in [-0.3, -0.25) is 4.72 Å². The van der Waals surface area contributed by atoms with E-state index in [1.165, 1.54) is 19.4 Å². The minimum Gasteiger partial charge on any atom is -0.495 e. The molecule has 0 aliphatic rings. The average molecular weight is 348 g/mol. The van der Waals surface area contributed by atoms with Gasteiger partial charge >= 0.3 is 0 Å². The van der Waals surface area contributed by atoms with Gasteiger partial charge < -0.3 is 13.7 Å². The molecule has 0 aliphatic carbocycles. The third kappa shape index (κ3) is 3.00. The molecule has 0 unspecified atom stereocenters. The molecule has 126 valence electrons. The maximum Gasteiger partial charge on any atom is 0.265 e. The summed E-state index contributed by atoms with van der Waals surface area (Å²) in [6.45, 7) is 3.43. The van der Waals surface area contributed by atoms with Gasteiger partial charge in [-0.2, -0.15) is 0 Å². The SMILES string of the molecule is COc1ccc(C)cc1NS(=O)(=O)c1cc(-c2ccno2)oc1C. The third-order valence-corrected chi connectivity index (χ3v) is 4.91. The molecule has 0 atom stereocenters. The minimum atomic E-state index is -3.85. The number of nitrogens with one attached hydrogen (secondary N) is 1. The Labute approximate surface area is 139 Å². The number of anilines is 1. The van der Waals surface area contributed by atoms with Gasteiger partial charge in [0.05, 0.1) is 19.0 Å². The first kappa shape index (κ1) is 16.1. The smallest absolute Gasteiger partial charge is 0.265 e. The zero-order chi connectivity index (χ0) is 17.3. The number of hydrogen-bond acceptors (Lipinski definition) is 6. The normalized spacial score (nSPS) is 11.5. The fourth-order valence-electron chi connectivity index (χ4n) is 2.30. The van der Waals surface area contributed by atoms with Crippen LogP contribution in [0.15, 0.2) is 50.4 Å². The summed E-state index contributed by atoms with van der Waals surface area (Å²) >= 11 is 0. The molecule has 0 spiro atoms. The molecule has 0 radical (unpaired) electrons. The lowest BCUT2D eigenvalue weighted by atomic mass is 10.2. The summed E-state index contributed by atoms with van der Waals surface area (Å²) in [6, 6.07) is 8.23. The van der Waals surface area contributed by atoms with E-state index in [4.69, 9.17) is 13.7 Å². The predicted molar refractivity (Wildman–Crippen MR) is 87.5 cm³/mol. The van der Waals surface area contributed by atoms with Gasteiger partial charge in [0, 0.05) is 12.1 Å². The van der Waals surface area contributed by atoms with E-state index in [2.05, 4.69) is 9.88 Å². The van der Waals surface area contributed by atoms with Gasteiger partial charge in [0.25, 0.3) is 10.0 Å². The lowest BCUT2D eigenvalue weighted by Gasteiger charge is -2.12. The first-order valence-electron chi connectivity index (χ1n) is 7.09. The van der Waals surface area contributed by atoms with Gasteiger partial charge in [-0.05, 0) is 31.5 Å². The second-order valence-electron chi connectivity index (χ2n) is 5.22. The molecule has 0 saturated heterocycles. The fraction of sp³-hybridized carbons (Fsp3) is 0.188. The highest BCUT2D eigenvalue weighted by Gasteiger charge is 2.24. The second-order valence-corrected chi connectivity index (χ2v) is 6.87. The van der Waals surface area contributed by atoms with Gasteiger partial charge in [-0.25, -0.2) is 8.42 Å². The van der Waals surface area contributed by atoms with Crippen LogP contribution in [-0.2, 0) is 10.0 Å². The maximum atomic E-state index is 12.7. The monoisotopic (exact) mass is 348 g/mol. The van der Waals surface area contributed by atoms with E-state index in [1.54, 1.807) is 25.1 Å². The highest BCUT2D eigenvalue weighted by atomic mass is 32.2. The quantitative estimate of drug-likeness (QED) is 0.760. The van der Waals surface area contributed by atoms with E-state index in [1.807, 2.05) is 13.0 Å². The van der Waals surface area contributed by atoms with E-state index in [0.29, 0.717) is 23.0 Å². The van der Waals surface area contributed by atoms with Crippen LogP contribution in [0.3, 0.4) is 0 Å². The van der Waals surface area contributed by atoms with Gasteiger partial charge in [-0.1, -0.05) is 11.2 Å². The van der Waals surface area contributed by atoms with Crippen LogP contribution in [0.2, 0.25) is 0 Å². The standard InChI is InChI=1S/C16H16N2O5S/c1-10-4-5-13(21-3)12(8-10)18-24(19,20)16-9-15(22-11(16)2)14-6-7-17-23-14/h4-9,18H,1-3H3. The average Bonchev–Trinajstić information content (AvgIpc) is 3.16. The van der Waals surface area contributed by atoms with Crippen LogP contribution in [0.1, 0.15) is 11.3 Å². The lowest BCUT2D eigenvalue weighted by molar-refractivity contribution is 0.414. The Hall–Kier alpha value is -2.74. The molecule has 2 aromatic heterocycles. The van der Waals surface area contributed by atoms with Crippen molar-refractivity contribution >= 4 is 15.7 Å². The summed E-state index contributed by atoms with van der Waals surface area (Å²) in [4.78, 5) is 0.0254. The van der Waals surface area contributed by atoms with Crippen LogP contribution in [0.4, 0.5) is 5.69 Å². The van der Waals surface area contributed by atoms with Gasteiger partial charge in [-0.15, -0.1) is 0 Å². The Kier molecular flexibility index (Phi) is 4.06. The highest BCUT2D eigenvalue weighted by Crippen LogP contribution is 2.32. The number of nitrogens with zero attached hydrogens (tertiary/aromatic N) is 1. The van der Waals surface area contributed by atoms with Crippen molar-refractivity contribution in [2.45, 2.75) is 18.7 Å².